The summed E-state index contributed by atoms with van der Waals surface area (Å²) in [6, 6.07) is 0.601. The van der Waals surface area contributed by atoms with E-state index < -0.39 is 0 Å². The van der Waals surface area contributed by atoms with Gasteiger partial charge in [0.15, 0.2) is 0 Å². The van der Waals surface area contributed by atoms with Gasteiger partial charge in [0.25, 0.3) is 0 Å². The summed E-state index contributed by atoms with van der Waals surface area (Å²) in [6.07, 6.45) is 3.26. The fourth-order valence-electron chi connectivity index (χ4n) is 1.46. The predicted octanol–water partition coefficient (Wildman–Crippen LogP) is 2.60. The van der Waals surface area contributed by atoms with Crippen LogP contribution in [0.4, 0.5) is 0 Å². The molecule has 0 spiro atoms. The molecule has 0 bridgehead atoms. The first kappa shape index (κ1) is 15.9. The Morgan fingerprint density at radius 1 is 1.25 bits per heavy atom. The van der Waals surface area contributed by atoms with E-state index in [4.69, 9.17) is 9.47 Å². The lowest BCUT2D eigenvalue weighted by molar-refractivity contribution is -0.0102. The van der Waals surface area contributed by atoms with Crippen LogP contribution in [0.1, 0.15) is 47.0 Å². The molecule has 3 heteroatoms. The van der Waals surface area contributed by atoms with E-state index >= 15 is 0 Å². The van der Waals surface area contributed by atoms with Gasteiger partial charge in [-0.05, 0) is 46.6 Å². The second kappa shape index (κ2) is 8.97. The molecule has 98 valence electrons. The molecule has 0 saturated carbocycles. The summed E-state index contributed by atoms with van der Waals surface area (Å²) in [5.41, 5.74) is -0.0585. The maximum absolute atomic E-state index is 5.59. The molecule has 0 radical (unpaired) electrons. The Balaban J connectivity index is 3.28. The molecule has 0 aromatic heterocycles. The third-order valence-corrected chi connectivity index (χ3v) is 2.88. The minimum Gasteiger partial charge on any atom is -0.381 e. The Morgan fingerprint density at radius 3 is 2.50 bits per heavy atom. The molecule has 0 aliphatic heterocycles. The largest absolute Gasteiger partial charge is 0.381 e. The van der Waals surface area contributed by atoms with Crippen LogP contribution in [0.5, 0.6) is 0 Å². The Hall–Kier alpha value is -0.120. The van der Waals surface area contributed by atoms with E-state index in [9.17, 15) is 0 Å². The van der Waals surface area contributed by atoms with E-state index in [1.54, 1.807) is 7.11 Å². The summed E-state index contributed by atoms with van der Waals surface area (Å²) in [5.74, 6) is 0. The lowest BCUT2D eigenvalue weighted by atomic mass is 10.1. The zero-order valence-corrected chi connectivity index (χ0v) is 11.6. The second-order valence-electron chi connectivity index (χ2n) is 4.93. The lowest BCUT2D eigenvalue weighted by Gasteiger charge is -2.22. The van der Waals surface area contributed by atoms with Gasteiger partial charge in [-0.25, -0.2) is 0 Å². The minimum atomic E-state index is -0.0585. The summed E-state index contributed by atoms with van der Waals surface area (Å²) in [4.78, 5) is 0. The van der Waals surface area contributed by atoms with Crippen molar-refractivity contribution in [3.8, 4) is 0 Å². The molecule has 0 fully saturated rings. The summed E-state index contributed by atoms with van der Waals surface area (Å²) in [7, 11) is 1.75. The average molecular weight is 231 g/mol. The van der Waals surface area contributed by atoms with Crippen LogP contribution >= 0.6 is 0 Å². The van der Waals surface area contributed by atoms with Crippen LogP contribution < -0.4 is 5.32 Å². The standard InChI is InChI=1S/C13H29NO2/c1-6-14-12(2)8-7-10-16-11-9-13(3,4)15-5/h12,14H,6-11H2,1-5H3. The first-order chi connectivity index (χ1) is 7.52. The maximum Gasteiger partial charge on any atom is 0.0644 e. The number of rotatable bonds is 10. The Morgan fingerprint density at radius 2 is 1.94 bits per heavy atom. The molecule has 0 heterocycles. The third kappa shape index (κ3) is 9.13. The first-order valence-electron chi connectivity index (χ1n) is 6.38. The van der Waals surface area contributed by atoms with Crippen molar-refractivity contribution in [2.24, 2.45) is 0 Å². The minimum absolute atomic E-state index is 0.0585. The van der Waals surface area contributed by atoms with Gasteiger partial charge in [-0.2, -0.15) is 0 Å². The highest BCUT2D eigenvalue weighted by Gasteiger charge is 2.15. The molecule has 0 rings (SSSR count). The van der Waals surface area contributed by atoms with E-state index in [1.807, 2.05) is 0 Å². The predicted molar refractivity (Wildman–Crippen MR) is 68.9 cm³/mol. The molecule has 0 aromatic rings. The van der Waals surface area contributed by atoms with Crippen LogP contribution in [0.3, 0.4) is 0 Å². The van der Waals surface area contributed by atoms with E-state index in [0.717, 1.165) is 32.6 Å². The van der Waals surface area contributed by atoms with Crippen molar-refractivity contribution in [2.45, 2.75) is 58.6 Å². The van der Waals surface area contributed by atoms with Crippen LogP contribution in [0.25, 0.3) is 0 Å². The molecular formula is C13H29NO2. The quantitative estimate of drug-likeness (QED) is 0.586. The normalized spacial score (nSPS) is 14.1. The molecule has 1 unspecified atom stereocenters. The van der Waals surface area contributed by atoms with E-state index in [-0.39, 0.29) is 5.60 Å². The van der Waals surface area contributed by atoms with Crippen molar-refractivity contribution in [1.82, 2.24) is 5.32 Å². The van der Waals surface area contributed by atoms with Gasteiger partial charge >= 0.3 is 0 Å². The second-order valence-corrected chi connectivity index (χ2v) is 4.93. The average Bonchev–Trinajstić information content (AvgIpc) is 2.23. The lowest BCUT2D eigenvalue weighted by Crippen LogP contribution is -2.26. The van der Waals surface area contributed by atoms with Gasteiger partial charge in [-0.1, -0.05) is 6.92 Å². The zero-order chi connectivity index (χ0) is 12.4. The molecule has 0 saturated heterocycles. The van der Waals surface area contributed by atoms with Crippen molar-refractivity contribution < 1.29 is 9.47 Å². The van der Waals surface area contributed by atoms with Gasteiger partial charge in [0.05, 0.1) is 5.60 Å². The summed E-state index contributed by atoms with van der Waals surface area (Å²) in [5, 5.41) is 3.39. The van der Waals surface area contributed by atoms with Gasteiger partial charge in [-0.15, -0.1) is 0 Å². The SMILES string of the molecule is CCNC(C)CCCOCCC(C)(C)OC. The van der Waals surface area contributed by atoms with E-state index in [2.05, 4.69) is 33.0 Å². The van der Waals surface area contributed by atoms with Crippen molar-refractivity contribution in [3.05, 3.63) is 0 Å². The van der Waals surface area contributed by atoms with Crippen molar-refractivity contribution in [3.63, 3.8) is 0 Å². The van der Waals surface area contributed by atoms with Gasteiger partial charge in [0, 0.05) is 26.4 Å². The fourth-order valence-corrected chi connectivity index (χ4v) is 1.46. The zero-order valence-electron chi connectivity index (χ0n) is 11.6. The van der Waals surface area contributed by atoms with Crippen molar-refractivity contribution >= 4 is 0 Å². The van der Waals surface area contributed by atoms with Crippen LogP contribution in [-0.4, -0.2) is 38.5 Å². The van der Waals surface area contributed by atoms with Crippen LogP contribution in [0.15, 0.2) is 0 Å². The molecule has 1 N–H and O–H groups in total. The first-order valence-corrected chi connectivity index (χ1v) is 6.38. The van der Waals surface area contributed by atoms with Crippen LogP contribution in [0.2, 0.25) is 0 Å². The van der Waals surface area contributed by atoms with Gasteiger partial charge in [0.1, 0.15) is 0 Å². The maximum atomic E-state index is 5.59. The number of hydrogen-bond donors (Lipinski definition) is 1. The summed E-state index contributed by atoms with van der Waals surface area (Å²) in [6.45, 7) is 11.2. The molecule has 0 aliphatic carbocycles. The van der Waals surface area contributed by atoms with Crippen LogP contribution in [0, 0.1) is 0 Å². The van der Waals surface area contributed by atoms with Crippen molar-refractivity contribution in [1.29, 1.82) is 0 Å². The molecular weight excluding hydrogens is 202 g/mol. The summed E-state index contributed by atoms with van der Waals surface area (Å²) >= 11 is 0. The number of methoxy groups -OCH3 is 1. The highest BCUT2D eigenvalue weighted by molar-refractivity contribution is 4.66. The number of hydrogen-bond acceptors (Lipinski definition) is 3. The van der Waals surface area contributed by atoms with Gasteiger partial charge < -0.3 is 14.8 Å². The molecule has 0 aliphatic rings. The molecule has 1 atom stereocenters. The highest BCUT2D eigenvalue weighted by Crippen LogP contribution is 2.12. The van der Waals surface area contributed by atoms with Gasteiger partial charge in [-0.3, -0.25) is 0 Å². The van der Waals surface area contributed by atoms with Crippen LogP contribution in [-0.2, 0) is 9.47 Å². The Labute approximate surface area is 101 Å². The number of ether oxygens (including phenoxy) is 2. The highest BCUT2D eigenvalue weighted by atomic mass is 16.5. The smallest absolute Gasteiger partial charge is 0.0644 e. The van der Waals surface area contributed by atoms with Crippen molar-refractivity contribution in [2.75, 3.05) is 26.9 Å². The third-order valence-electron chi connectivity index (χ3n) is 2.88. The van der Waals surface area contributed by atoms with E-state index in [0.29, 0.717) is 6.04 Å². The molecule has 3 nitrogen and oxygen atoms in total. The summed E-state index contributed by atoms with van der Waals surface area (Å²) < 4.78 is 10.9. The van der Waals surface area contributed by atoms with E-state index in [1.165, 1.54) is 6.42 Å². The topological polar surface area (TPSA) is 30.5 Å². The van der Waals surface area contributed by atoms with Gasteiger partial charge in [0.2, 0.25) is 0 Å². The number of nitrogens with one attached hydrogen (secondary N) is 1. The molecule has 0 amide bonds. The molecule has 0 aromatic carbocycles. The monoisotopic (exact) mass is 231 g/mol. The molecule has 16 heavy (non-hydrogen) atoms. The fraction of sp³-hybridized carbons (Fsp3) is 1.00. The Kier molecular flexibility index (Phi) is 8.90. The Bertz CT molecular complexity index is 160.